The molecule has 6 rings (SSSR count). The van der Waals surface area contributed by atoms with Gasteiger partial charge in [-0.05, 0) is 60.7 Å². The molecule has 3 heterocycles. The first-order chi connectivity index (χ1) is 20.6. The van der Waals surface area contributed by atoms with Crippen LogP contribution in [-0.4, -0.2) is 23.9 Å². The zero-order valence-electron chi connectivity index (χ0n) is 26.7. The van der Waals surface area contributed by atoms with E-state index in [0.29, 0.717) is 0 Å². The summed E-state index contributed by atoms with van der Waals surface area (Å²) in [7, 11) is -1.55. The van der Waals surface area contributed by atoms with Crippen molar-refractivity contribution in [2.24, 2.45) is 11.8 Å². The normalized spacial score (nSPS) is 12.4. The fourth-order valence-electron chi connectivity index (χ4n) is 5.86. The molecule has 0 spiro atoms. The van der Waals surface area contributed by atoms with Gasteiger partial charge in [0.15, 0.2) is 5.78 Å². The van der Waals surface area contributed by atoms with Crippen molar-refractivity contribution >= 4 is 73.8 Å². The van der Waals surface area contributed by atoms with Gasteiger partial charge in [0.25, 0.3) is 0 Å². The van der Waals surface area contributed by atoms with Crippen molar-refractivity contribution in [1.29, 1.82) is 0 Å². The number of carbonyl (C=O) groups excluding carboxylic acids is 1. The van der Waals surface area contributed by atoms with Crippen LogP contribution in [-0.2, 0) is 24.9 Å². The van der Waals surface area contributed by atoms with Crippen molar-refractivity contribution in [3.63, 3.8) is 0 Å². The molecular weight excluding hydrogens is 743 g/mol. The summed E-state index contributed by atoms with van der Waals surface area (Å²) >= 11 is 0. The van der Waals surface area contributed by atoms with E-state index in [2.05, 4.69) is 55.0 Å². The molecular formula is C37H42IrNO4Si-. The smallest absolute Gasteiger partial charge is 0.162 e. The Morgan fingerprint density at radius 1 is 0.886 bits per heavy atom. The predicted octanol–water partition coefficient (Wildman–Crippen LogP) is 10.2. The average Bonchev–Trinajstić information content (AvgIpc) is 3.32. The zero-order valence-corrected chi connectivity index (χ0v) is 30.1. The summed E-state index contributed by atoms with van der Waals surface area (Å²) in [5.41, 5.74) is 4.19. The summed E-state index contributed by atoms with van der Waals surface area (Å²) in [6.45, 7) is 15.1. The molecule has 0 bridgehead atoms. The first-order valence-corrected chi connectivity index (χ1v) is 19.0. The summed E-state index contributed by atoms with van der Waals surface area (Å²) in [5.74, 6) is 0.547. The van der Waals surface area contributed by atoms with Crippen LogP contribution in [0.4, 0.5) is 0 Å². The molecule has 44 heavy (non-hydrogen) atoms. The Hall–Kier alpha value is -3.25. The molecule has 5 nitrogen and oxygen atoms in total. The third-order valence-corrected chi connectivity index (χ3v) is 10.6. The Bertz CT molecular complexity index is 1960. The SMILES string of the molecule is CCC(CC)C(=O)/C=C(\O)C(CC)CC.C[Si](C)(C)c1cc2oc3cccnc3c3[c-]c4ccccc4c4oc(c1)c2c34.[Ir]. The predicted molar refractivity (Wildman–Crippen MR) is 182 cm³/mol. The maximum Gasteiger partial charge on any atom is 0.162 e. The average molecular weight is 785 g/mol. The van der Waals surface area contributed by atoms with Crippen molar-refractivity contribution in [2.75, 3.05) is 0 Å². The van der Waals surface area contributed by atoms with Gasteiger partial charge in [0.05, 0.1) is 19.4 Å². The number of hydrogen-bond acceptors (Lipinski definition) is 5. The number of ketones is 1. The van der Waals surface area contributed by atoms with Crippen LogP contribution in [0.2, 0.25) is 19.6 Å². The van der Waals surface area contributed by atoms with Crippen LogP contribution >= 0.6 is 0 Å². The molecule has 0 aliphatic carbocycles. The second-order valence-electron chi connectivity index (χ2n) is 12.4. The number of carbonyl (C=O) groups is 1. The van der Waals surface area contributed by atoms with Gasteiger partial charge in [-0.25, -0.2) is 0 Å². The van der Waals surface area contributed by atoms with E-state index in [1.165, 1.54) is 11.3 Å². The third kappa shape index (κ3) is 6.42. The minimum atomic E-state index is -1.55. The quantitative estimate of drug-likeness (QED) is 0.0720. The molecule has 0 aliphatic rings. The van der Waals surface area contributed by atoms with Crippen molar-refractivity contribution in [1.82, 2.24) is 4.98 Å². The Kier molecular flexibility index (Phi) is 10.6. The fraction of sp³-hybridized carbons (Fsp3) is 0.351. The molecule has 0 unspecified atom stereocenters. The van der Waals surface area contributed by atoms with E-state index in [0.717, 1.165) is 80.5 Å². The molecule has 7 heteroatoms. The van der Waals surface area contributed by atoms with Crippen molar-refractivity contribution in [3.05, 3.63) is 72.6 Å². The number of hydrogen-bond donors (Lipinski definition) is 1. The monoisotopic (exact) mass is 785 g/mol. The maximum atomic E-state index is 11.7. The number of rotatable bonds is 8. The van der Waals surface area contributed by atoms with Gasteiger partial charge in [-0.15, -0.1) is 17.5 Å². The zero-order chi connectivity index (χ0) is 30.9. The van der Waals surface area contributed by atoms with Crippen LogP contribution in [0, 0.1) is 17.9 Å². The van der Waals surface area contributed by atoms with E-state index < -0.39 is 8.07 Å². The van der Waals surface area contributed by atoms with Crippen LogP contribution < -0.4 is 5.19 Å². The van der Waals surface area contributed by atoms with Gasteiger partial charge in [0.2, 0.25) is 0 Å². The number of nitrogens with zero attached hydrogens (tertiary/aromatic N) is 1. The van der Waals surface area contributed by atoms with E-state index in [-0.39, 0.29) is 43.5 Å². The van der Waals surface area contributed by atoms with Crippen LogP contribution in [0.1, 0.15) is 53.4 Å². The number of aliphatic hydroxyl groups is 1. The summed E-state index contributed by atoms with van der Waals surface area (Å²) in [6, 6.07) is 20.1. The summed E-state index contributed by atoms with van der Waals surface area (Å²) in [4.78, 5) is 16.4. The minimum absolute atomic E-state index is 0. The standard InChI is InChI=1S/C24H18NO2Si.C13H24O2.Ir/c1-28(2,3)15-12-19-22-20(13-15)27-24-16-8-5-4-7-14(16)11-17(21(22)24)23-18(26-19)9-6-10-25-23;1-5-10(6-2)12(14)9-13(15)11(7-3)8-4;/h4-10,12-13H,1-3H3;9-11,14H,5-8H2,1-4H3;/q-1;;/b;12-9-;. The number of aromatic nitrogens is 1. The fourth-order valence-corrected chi connectivity index (χ4v) is 6.98. The summed E-state index contributed by atoms with van der Waals surface area (Å²) in [6.07, 6.45) is 6.71. The molecule has 1 radical (unpaired) electrons. The summed E-state index contributed by atoms with van der Waals surface area (Å²) < 4.78 is 12.9. The second kappa shape index (κ2) is 13.8. The van der Waals surface area contributed by atoms with E-state index in [4.69, 9.17) is 8.83 Å². The van der Waals surface area contributed by atoms with Gasteiger partial charge < -0.3 is 13.9 Å². The molecule has 3 aromatic carbocycles. The van der Waals surface area contributed by atoms with Gasteiger partial charge >= 0.3 is 0 Å². The number of benzene rings is 3. The number of furan rings is 1. The van der Waals surface area contributed by atoms with E-state index in [1.807, 2.05) is 52.0 Å². The molecule has 0 amide bonds. The van der Waals surface area contributed by atoms with Gasteiger partial charge in [-0.1, -0.05) is 76.1 Å². The Morgan fingerprint density at radius 2 is 1.52 bits per heavy atom. The second-order valence-corrected chi connectivity index (χ2v) is 17.5. The number of fused-ring (bicyclic) bond motifs is 4. The molecule has 0 atom stereocenters. The van der Waals surface area contributed by atoms with Crippen LogP contribution in [0.15, 0.2) is 75.4 Å². The molecule has 6 aromatic rings. The van der Waals surface area contributed by atoms with Gasteiger partial charge in [-0.3, -0.25) is 9.78 Å². The van der Waals surface area contributed by atoms with Crippen LogP contribution in [0.25, 0.3) is 54.8 Å². The maximum absolute atomic E-state index is 11.7. The molecule has 233 valence electrons. The topological polar surface area (TPSA) is 76.5 Å². The van der Waals surface area contributed by atoms with Crippen molar-refractivity contribution in [2.45, 2.75) is 73.0 Å². The molecule has 0 saturated carbocycles. The molecule has 0 fully saturated rings. The molecule has 0 saturated heterocycles. The van der Waals surface area contributed by atoms with Crippen LogP contribution in [0.3, 0.4) is 0 Å². The van der Waals surface area contributed by atoms with Crippen LogP contribution in [0.5, 0.6) is 0 Å². The molecule has 1 N–H and O–H groups in total. The minimum Gasteiger partial charge on any atom is -0.512 e. The Morgan fingerprint density at radius 3 is 2.16 bits per heavy atom. The van der Waals surface area contributed by atoms with Gasteiger partial charge in [-0.2, -0.15) is 0 Å². The van der Waals surface area contributed by atoms with Gasteiger partial charge in [0.1, 0.15) is 16.7 Å². The largest absolute Gasteiger partial charge is 0.512 e. The van der Waals surface area contributed by atoms with E-state index in [1.54, 1.807) is 6.20 Å². The van der Waals surface area contributed by atoms with Gasteiger partial charge in [0, 0.05) is 55.1 Å². The number of allylic oxidation sites excluding steroid dienone is 2. The van der Waals surface area contributed by atoms with E-state index >= 15 is 0 Å². The first-order valence-electron chi connectivity index (χ1n) is 15.5. The molecule has 0 aliphatic heterocycles. The van der Waals surface area contributed by atoms with E-state index in [9.17, 15) is 9.90 Å². The van der Waals surface area contributed by atoms with Crippen molar-refractivity contribution in [3.8, 4) is 0 Å². The molecule has 3 aromatic heterocycles. The first kappa shape index (κ1) is 33.6. The Labute approximate surface area is 274 Å². The number of aliphatic hydroxyl groups excluding tert-OH is 1. The third-order valence-electron chi connectivity index (χ3n) is 8.61. The number of pyridine rings is 1. The van der Waals surface area contributed by atoms with Crippen molar-refractivity contribution < 1.29 is 38.8 Å². The summed E-state index contributed by atoms with van der Waals surface area (Å²) in [5, 5.41) is 16.2. The Balaban J connectivity index is 0.000000239.